The SMILES string of the molecule is COC(=O)CCN(C)S(=O)(=O)c1cc(NC(=O)CN2NCC(Cl)C(Cl)C2=O)ccc1C. The Balaban J connectivity index is 2.10. The Morgan fingerprint density at radius 1 is 1.35 bits per heavy atom. The fourth-order valence-corrected chi connectivity index (χ4v) is 4.56. The van der Waals surface area contributed by atoms with E-state index in [4.69, 9.17) is 23.2 Å². The smallest absolute Gasteiger partial charge is 0.306 e. The van der Waals surface area contributed by atoms with Gasteiger partial charge in [-0.3, -0.25) is 19.4 Å². The van der Waals surface area contributed by atoms with Gasteiger partial charge in [0.15, 0.2) is 0 Å². The summed E-state index contributed by atoms with van der Waals surface area (Å²) in [5.41, 5.74) is 3.42. The van der Waals surface area contributed by atoms with Gasteiger partial charge in [-0.1, -0.05) is 6.07 Å². The van der Waals surface area contributed by atoms with Gasteiger partial charge in [-0.2, -0.15) is 0 Å². The van der Waals surface area contributed by atoms with Crippen molar-refractivity contribution in [3.63, 3.8) is 0 Å². The predicted octanol–water partition coefficient (Wildman–Crippen LogP) is 0.679. The molecular formula is C18H24Cl2N4O6S. The zero-order chi connectivity index (χ0) is 23.3. The quantitative estimate of drug-likeness (QED) is 0.401. The van der Waals surface area contributed by atoms with Gasteiger partial charge in [0.05, 0.1) is 23.8 Å². The second kappa shape index (κ2) is 10.6. The van der Waals surface area contributed by atoms with Gasteiger partial charge in [-0.25, -0.2) is 18.1 Å². The number of nitrogens with one attached hydrogen (secondary N) is 2. The summed E-state index contributed by atoms with van der Waals surface area (Å²) in [6.07, 6.45) is -0.0940. The molecule has 13 heteroatoms. The van der Waals surface area contributed by atoms with E-state index in [1.807, 2.05) is 0 Å². The van der Waals surface area contributed by atoms with E-state index in [2.05, 4.69) is 15.5 Å². The molecule has 0 bridgehead atoms. The average molecular weight is 495 g/mol. The third-order valence-corrected chi connectivity index (χ3v) is 7.64. The van der Waals surface area contributed by atoms with E-state index >= 15 is 0 Å². The number of hydrogen-bond donors (Lipinski definition) is 2. The number of sulfonamides is 1. The van der Waals surface area contributed by atoms with E-state index < -0.39 is 38.6 Å². The van der Waals surface area contributed by atoms with Crippen LogP contribution in [0.1, 0.15) is 12.0 Å². The van der Waals surface area contributed by atoms with Crippen LogP contribution in [0.15, 0.2) is 23.1 Å². The maximum atomic E-state index is 12.9. The third-order valence-electron chi connectivity index (χ3n) is 4.62. The molecule has 1 aliphatic rings. The fraction of sp³-hybridized carbons (Fsp3) is 0.500. The van der Waals surface area contributed by atoms with Crippen molar-refractivity contribution in [1.82, 2.24) is 14.7 Å². The Labute approximate surface area is 190 Å². The lowest BCUT2D eigenvalue weighted by Gasteiger charge is -2.32. The number of halogens is 2. The summed E-state index contributed by atoms with van der Waals surface area (Å²) in [7, 11) is -1.34. The molecule has 1 aromatic rings. The number of rotatable bonds is 8. The first-order valence-electron chi connectivity index (χ1n) is 9.24. The molecule has 1 fully saturated rings. The maximum Gasteiger partial charge on any atom is 0.306 e. The molecule has 2 unspecified atom stereocenters. The van der Waals surface area contributed by atoms with Gasteiger partial charge in [0.2, 0.25) is 15.9 Å². The number of aryl methyl sites for hydroxylation is 1. The average Bonchev–Trinajstić information content (AvgIpc) is 2.73. The molecule has 2 atom stereocenters. The monoisotopic (exact) mass is 494 g/mol. The van der Waals surface area contributed by atoms with Gasteiger partial charge in [0, 0.05) is 25.8 Å². The minimum atomic E-state index is -3.92. The second-order valence-corrected chi connectivity index (χ2v) is 9.93. The first-order valence-corrected chi connectivity index (χ1v) is 11.5. The highest BCUT2D eigenvalue weighted by Crippen LogP contribution is 2.23. The molecule has 1 aliphatic heterocycles. The predicted molar refractivity (Wildman–Crippen MR) is 115 cm³/mol. The molecule has 1 saturated heterocycles. The number of alkyl halides is 2. The summed E-state index contributed by atoms with van der Waals surface area (Å²) in [5.74, 6) is -1.60. The molecule has 31 heavy (non-hydrogen) atoms. The number of amides is 2. The Morgan fingerprint density at radius 3 is 2.68 bits per heavy atom. The van der Waals surface area contributed by atoms with E-state index in [1.165, 1.54) is 20.2 Å². The summed E-state index contributed by atoms with van der Waals surface area (Å²) >= 11 is 11.8. The van der Waals surface area contributed by atoms with Crippen LogP contribution in [0.25, 0.3) is 0 Å². The number of benzene rings is 1. The molecule has 0 spiro atoms. The second-order valence-electron chi connectivity index (χ2n) is 6.89. The van der Waals surface area contributed by atoms with Crippen molar-refractivity contribution >= 4 is 56.7 Å². The van der Waals surface area contributed by atoms with E-state index in [9.17, 15) is 22.8 Å². The van der Waals surface area contributed by atoms with Crippen LogP contribution < -0.4 is 10.7 Å². The van der Waals surface area contributed by atoms with E-state index in [1.54, 1.807) is 19.1 Å². The summed E-state index contributed by atoms with van der Waals surface area (Å²) in [6.45, 7) is 1.45. The van der Waals surface area contributed by atoms with Crippen LogP contribution in [0, 0.1) is 6.92 Å². The fourth-order valence-electron chi connectivity index (χ4n) is 2.75. The Bertz CT molecular complexity index is 958. The van der Waals surface area contributed by atoms with Crippen LogP contribution in [0.3, 0.4) is 0 Å². The topological polar surface area (TPSA) is 125 Å². The van der Waals surface area contributed by atoms with Gasteiger partial charge < -0.3 is 10.1 Å². The van der Waals surface area contributed by atoms with E-state index in [0.717, 1.165) is 9.31 Å². The summed E-state index contributed by atoms with van der Waals surface area (Å²) in [6, 6.07) is 4.42. The van der Waals surface area contributed by atoms with Crippen LogP contribution in [-0.2, 0) is 29.1 Å². The molecule has 2 N–H and O–H groups in total. The van der Waals surface area contributed by atoms with Crippen LogP contribution >= 0.6 is 23.2 Å². The van der Waals surface area contributed by atoms with Crippen LogP contribution in [0.2, 0.25) is 0 Å². The molecule has 1 aromatic carbocycles. The highest BCUT2D eigenvalue weighted by atomic mass is 35.5. The number of nitrogens with zero attached hydrogens (tertiary/aromatic N) is 2. The minimum absolute atomic E-state index is 0.0179. The molecule has 1 heterocycles. The highest BCUT2D eigenvalue weighted by molar-refractivity contribution is 7.89. The van der Waals surface area contributed by atoms with Gasteiger partial charge in [0.25, 0.3) is 5.91 Å². The van der Waals surface area contributed by atoms with Crippen molar-refractivity contribution in [2.75, 3.05) is 39.1 Å². The number of hydrazine groups is 1. The van der Waals surface area contributed by atoms with Crippen molar-refractivity contribution in [2.24, 2.45) is 0 Å². The van der Waals surface area contributed by atoms with Crippen molar-refractivity contribution in [1.29, 1.82) is 0 Å². The number of methoxy groups -OCH3 is 1. The number of esters is 1. The lowest BCUT2D eigenvalue weighted by Crippen LogP contribution is -2.58. The van der Waals surface area contributed by atoms with E-state index in [0.29, 0.717) is 5.56 Å². The normalized spacial score (nSPS) is 19.4. The lowest BCUT2D eigenvalue weighted by atomic mass is 10.2. The first-order chi connectivity index (χ1) is 14.5. The number of carbonyl (C=O) groups is 3. The maximum absolute atomic E-state index is 12.9. The number of anilines is 1. The molecule has 2 amide bonds. The van der Waals surface area contributed by atoms with Gasteiger partial charge in [0.1, 0.15) is 11.9 Å². The molecule has 2 rings (SSSR count). The lowest BCUT2D eigenvalue weighted by molar-refractivity contribution is -0.140. The zero-order valence-electron chi connectivity index (χ0n) is 17.2. The molecule has 0 radical (unpaired) electrons. The van der Waals surface area contributed by atoms with Gasteiger partial charge in [-0.15, -0.1) is 23.2 Å². The van der Waals surface area contributed by atoms with Crippen molar-refractivity contribution in [3.8, 4) is 0 Å². The summed E-state index contributed by atoms with van der Waals surface area (Å²) in [5, 5.41) is 2.10. The molecule has 0 saturated carbocycles. The van der Waals surface area contributed by atoms with Crippen molar-refractivity contribution in [3.05, 3.63) is 23.8 Å². The summed E-state index contributed by atoms with van der Waals surface area (Å²) < 4.78 is 31.3. The number of ether oxygens (including phenoxy) is 1. The Kier molecular flexibility index (Phi) is 8.66. The Morgan fingerprint density at radius 2 is 2.03 bits per heavy atom. The van der Waals surface area contributed by atoms with Crippen LogP contribution in [-0.4, -0.2) is 80.1 Å². The number of hydrogen-bond acceptors (Lipinski definition) is 7. The first kappa shape index (κ1) is 25.3. The highest BCUT2D eigenvalue weighted by Gasteiger charge is 2.35. The van der Waals surface area contributed by atoms with Gasteiger partial charge >= 0.3 is 5.97 Å². The standard InChI is InChI=1S/C18H24Cl2N4O6S/c1-11-4-5-12(8-14(11)31(28,29)23(2)7-6-16(26)30-3)22-15(25)10-24-18(27)17(20)13(19)9-21-24/h4-5,8,13,17,21H,6-7,9-10H2,1-3H3,(H,22,25). The zero-order valence-corrected chi connectivity index (χ0v) is 19.6. The number of carbonyl (C=O) groups excluding carboxylic acids is 3. The van der Waals surface area contributed by atoms with Crippen molar-refractivity contribution in [2.45, 2.75) is 29.0 Å². The van der Waals surface area contributed by atoms with Crippen molar-refractivity contribution < 1.29 is 27.5 Å². The minimum Gasteiger partial charge on any atom is -0.469 e. The largest absolute Gasteiger partial charge is 0.469 e. The van der Waals surface area contributed by atoms with Crippen LogP contribution in [0.4, 0.5) is 5.69 Å². The third kappa shape index (κ3) is 6.30. The molecule has 0 aliphatic carbocycles. The molecule has 0 aromatic heterocycles. The van der Waals surface area contributed by atoms with Gasteiger partial charge in [-0.05, 0) is 24.6 Å². The van der Waals surface area contributed by atoms with Crippen LogP contribution in [0.5, 0.6) is 0 Å². The molecular weight excluding hydrogens is 471 g/mol. The Hall–Kier alpha value is -1.92. The molecule has 172 valence electrons. The van der Waals surface area contributed by atoms with E-state index in [-0.39, 0.29) is 36.6 Å². The molecule has 10 nitrogen and oxygen atoms in total. The summed E-state index contributed by atoms with van der Waals surface area (Å²) in [4.78, 5) is 35.8.